The highest BCUT2D eigenvalue weighted by atomic mass is 35.5. The van der Waals surface area contributed by atoms with Crippen LogP contribution in [-0.2, 0) is 10.8 Å². The predicted octanol–water partition coefficient (Wildman–Crippen LogP) is 25.2. The van der Waals surface area contributed by atoms with Crippen molar-refractivity contribution in [3.63, 3.8) is 0 Å². The summed E-state index contributed by atoms with van der Waals surface area (Å²) in [4.78, 5) is 7.84. The number of aromatic nitrogens is 1. The number of hydrogen-bond donors (Lipinski definition) is 0. The number of hydrogen-bond acceptors (Lipinski definition) is 4. The number of para-hydroxylation sites is 4. The van der Waals surface area contributed by atoms with Crippen LogP contribution in [0.2, 0.25) is 10.0 Å². The molecule has 4 aliphatic rings. The van der Waals surface area contributed by atoms with E-state index in [4.69, 9.17) is 27.9 Å². The molecule has 1 aromatic heterocycles. The fraction of sp³-hybridized carbons (Fsp3) is 0.0769. The van der Waals surface area contributed by atoms with E-state index in [0.717, 1.165) is 179 Å². The topological polar surface area (TPSA) is 23.9 Å². The summed E-state index contributed by atoms with van der Waals surface area (Å²) in [6, 6.07) is 130. The third-order valence-corrected chi connectivity index (χ3v) is 24.2. The summed E-state index contributed by atoms with van der Waals surface area (Å²) >= 11 is 15.3. The Labute approximate surface area is 671 Å². The first-order valence-electron chi connectivity index (χ1n) is 39.2. The Morgan fingerprint density at radius 3 is 1.09 bits per heavy atom. The molecule has 0 N–H and O–H groups in total. The van der Waals surface area contributed by atoms with Crippen molar-refractivity contribution < 1.29 is 4.74 Å². The maximum Gasteiger partial charge on any atom is 0.256 e. The van der Waals surface area contributed by atoms with Crippen molar-refractivity contribution in [1.29, 1.82) is 0 Å². The van der Waals surface area contributed by atoms with Crippen molar-refractivity contribution in [2.45, 2.75) is 52.4 Å². The van der Waals surface area contributed by atoms with E-state index in [1.54, 1.807) is 0 Å². The summed E-state index contributed by atoms with van der Waals surface area (Å²) in [6.07, 6.45) is 0. The molecule has 0 saturated carbocycles. The molecule has 5 heterocycles. The zero-order valence-corrected chi connectivity index (χ0v) is 65.1. The second kappa shape index (κ2) is 26.5. The highest BCUT2D eigenvalue weighted by Gasteiger charge is 2.50. The number of nitrogens with zero attached hydrogens (tertiary/aromatic N) is 4. The lowest BCUT2D eigenvalue weighted by atomic mass is 9.30. The smallest absolute Gasteiger partial charge is 0.256 e. The van der Waals surface area contributed by atoms with Crippen LogP contribution in [0.5, 0.6) is 11.5 Å². The van der Waals surface area contributed by atoms with Crippen LogP contribution in [0.3, 0.4) is 0 Å². The standard InChI is InChI=1S/C104H76B2Cl2N4O/c1-103(2,3)71-54-93-98-94(55-71)112(102-82(69-40-21-11-22-41-69)60-74(108)61-83(102)70-42-23-12-24-43-70)92-64-96-87(106-84-48-27-30-51-90(84)110(95-56-72(104(4,5)6)57-97(113-96)99(95)106)100-76(65-32-13-7-14-33-65)46-31-47-77(100)66-34-15-8-16-35-66)63-86(92)105(98)85-53-52-75(109-88-49-28-25-44-78(88)79-45-26-29-50-89(79)109)62-91(85)111(93)101-80(67-36-17-9-18-37-67)58-73(107)59-81(101)68-38-19-10-20-39-68/h7-64H,1-6H3. The Hall–Kier alpha value is -12.8. The second-order valence-corrected chi connectivity index (χ2v) is 33.4. The fourth-order valence-corrected chi connectivity index (χ4v) is 19.1. The normalized spacial score (nSPS) is 13.1. The summed E-state index contributed by atoms with van der Waals surface area (Å²) in [6.45, 7) is 13.4. The van der Waals surface area contributed by atoms with Crippen LogP contribution in [0, 0.1) is 0 Å². The minimum absolute atomic E-state index is 0.289. The van der Waals surface area contributed by atoms with Crippen molar-refractivity contribution >= 4 is 142 Å². The van der Waals surface area contributed by atoms with Crippen molar-refractivity contribution in [3.8, 4) is 83.9 Å². The van der Waals surface area contributed by atoms with Crippen molar-refractivity contribution in [2.24, 2.45) is 0 Å². The van der Waals surface area contributed by atoms with Crippen LogP contribution in [0.4, 0.5) is 51.2 Å². The quantitative estimate of drug-likeness (QED) is 0.127. The largest absolute Gasteiger partial charge is 0.458 e. The molecule has 0 aliphatic carbocycles. The average molecular weight is 1490 g/mol. The van der Waals surface area contributed by atoms with E-state index in [0.29, 0.717) is 10.0 Å². The third kappa shape index (κ3) is 11.1. The first-order valence-corrected chi connectivity index (χ1v) is 39.9. The first kappa shape index (κ1) is 68.3. The number of fused-ring (bicyclic) bond motifs is 11. The van der Waals surface area contributed by atoms with Gasteiger partial charge in [0.2, 0.25) is 0 Å². The summed E-state index contributed by atoms with van der Waals surface area (Å²) in [7, 11) is 0. The molecule has 0 spiro atoms. The lowest BCUT2D eigenvalue weighted by Gasteiger charge is -2.47. The summed E-state index contributed by atoms with van der Waals surface area (Å²) < 4.78 is 10.5. The molecule has 5 nitrogen and oxygen atoms in total. The first-order chi connectivity index (χ1) is 55.2. The minimum atomic E-state index is -0.393. The number of rotatable bonds is 10. The van der Waals surface area contributed by atoms with Crippen molar-refractivity contribution in [2.75, 3.05) is 14.7 Å². The van der Waals surface area contributed by atoms with Gasteiger partial charge >= 0.3 is 0 Å². The number of ether oxygens (including phenoxy) is 1. The Morgan fingerprint density at radius 2 is 0.628 bits per heavy atom. The molecule has 0 saturated heterocycles. The molecule has 17 aromatic rings. The van der Waals surface area contributed by atoms with E-state index in [-0.39, 0.29) is 18.8 Å². The van der Waals surface area contributed by atoms with Gasteiger partial charge in [0.05, 0.1) is 28.1 Å². The van der Waals surface area contributed by atoms with Gasteiger partial charge in [0.15, 0.2) is 0 Å². The molecular weight excluding hydrogens is 1410 g/mol. The molecule has 4 aliphatic heterocycles. The highest BCUT2D eigenvalue weighted by molar-refractivity contribution is 7.02. The van der Waals surface area contributed by atoms with Crippen molar-refractivity contribution in [1.82, 2.24) is 4.57 Å². The molecule has 538 valence electrons. The van der Waals surface area contributed by atoms with Gasteiger partial charge in [-0.2, -0.15) is 0 Å². The average Bonchev–Trinajstić information content (AvgIpc) is 1.23. The van der Waals surface area contributed by atoms with E-state index in [1.807, 2.05) is 0 Å². The molecule has 21 rings (SSSR count). The van der Waals surface area contributed by atoms with Crippen LogP contribution in [0.1, 0.15) is 52.7 Å². The van der Waals surface area contributed by atoms with E-state index in [2.05, 4.69) is 413 Å². The zero-order valence-electron chi connectivity index (χ0n) is 63.6. The molecule has 113 heavy (non-hydrogen) atoms. The molecule has 0 unspecified atom stereocenters. The van der Waals surface area contributed by atoms with Gasteiger partial charge in [-0.25, -0.2) is 0 Å². The summed E-state index contributed by atoms with van der Waals surface area (Å²) in [5.74, 6) is 1.64. The third-order valence-electron chi connectivity index (χ3n) is 23.8. The van der Waals surface area contributed by atoms with E-state index in [1.165, 1.54) is 21.8 Å². The van der Waals surface area contributed by atoms with Crippen LogP contribution >= 0.6 is 23.2 Å². The number of anilines is 9. The molecule has 0 amide bonds. The molecule has 16 aromatic carbocycles. The van der Waals surface area contributed by atoms with Gasteiger partial charge in [0.1, 0.15) is 11.5 Å². The zero-order chi connectivity index (χ0) is 76.1. The lowest BCUT2D eigenvalue weighted by molar-refractivity contribution is 0.483. The van der Waals surface area contributed by atoms with E-state index in [9.17, 15) is 0 Å². The molecular formula is C104H76B2Cl2N4O. The number of halogens is 2. The molecule has 0 atom stereocenters. The fourth-order valence-electron chi connectivity index (χ4n) is 18.6. The van der Waals surface area contributed by atoms with Crippen LogP contribution in [-0.4, -0.2) is 18.0 Å². The number of benzene rings is 16. The SMILES string of the molecule is CC(C)(C)c1cc2c3c(c1)N(c1c(-c4ccccc4)cccc1-c1ccccc1)c1ccccc1B3c1cc3c(cc1O2)N(c1c(-c2ccccc2)cc(Cl)cc1-c1ccccc1)c1cc(C(C)(C)C)cc2c1B3c1ccc(-n3c4ccccc4c4ccccc43)cc1N2c1c(-c2ccccc2)cc(Cl)cc1-c1ccccc1. The Kier molecular flexibility index (Phi) is 16.0. The van der Waals surface area contributed by atoms with Gasteiger partial charge in [0.25, 0.3) is 13.4 Å². The maximum absolute atomic E-state index is 8.06. The minimum Gasteiger partial charge on any atom is -0.458 e. The van der Waals surface area contributed by atoms with Gasteiger partial charge in [-0.3, -0.25) is 0 Å². The van der Waals surface area contributed by atoms with Gasteiger partial charge in [0, 0.05) is 100 Å². The lowest BCUT2D eigenvalue weighted by Crippen LogP contribution is -2.64. The predicted molar refractivity (Wildman–Crippen MR) is 481 cm³/mol. The molecule has 9 heteroatoms. The van der Waals surface area contributed by atoms with Gasteiger partial charge in [-0.1, -0.05) is 332 Å². The second-order valence-electron chi connectivity index (χ2n) is 32.5. The summed E-state index contributed by atoms with van der Waals surface area (Å²) in [5.41, 5.74) is 34.0. The van der Waals surface area contributed by atoms with Crippen LogP contribution in [0.15, 0.2) is 352 Å². The molecule has 0 fully saturated rings. The summed E-state index contributed by atoms with van der Waals surface area (Å²) in [5, 5.41) is 3.68. The van der Waals surface area contributed by atoms with Gasteiger partial charge in [-0.05, 0) is 167 Å². The van der Waals surface area contributed by atoms with E-state index < -0.39 is 5.41 Å². The molecule has 0 radical (unpaired) electrons. The van der Waals surface area contributed by atoms with Gasteiger partial charge in [-0.15, -0.1) is 0 Å². The Morgan fingerprint density at radius 1 is 0.265 bits per heavy atom. The maximum atomic E-state index is 8.06. The van der Waals surface area contributed by atoms with Crippen molar-refractivity contribution in [3.05, 3.63) is 373 Å². The van der Waals surface area contributed by atoms with Crippen LogP contribution in [0.25, 0.3) is 94.3 Å². The molecule has 0 bridgehead atoms. The Bertz CT molecular complexity index is 6480. The highest BCUT2D eigenvalue weighted by Crippen LogP contribution is 2.57. The van der Waals surface area contributed by atoms with Crippen LogP contribution < -0.4 is 52.2 Å². The monoisotopic (exact) mass is 1490 g/mol. The van der Waals surface area contributed by atoms with Gasteiger partial charge < -0.3 is 24.0 Å². The van der Waals surface area contributed by atoms with E-state index >= 15 is 0 Å². The Balaban J connectivity index is 0.917.